The zero-order chi connectivity index (χ0) is 17.2. The van der Waals surface area contributed by atoms with Crippen molar-refractivity contribution in [3.8, 4) is 0 Å². The summed E-state index contributed by atoms with van der Waals surface area (Å²) >= 11 is 5.89. The third-order valence-corrected chi connectivity index (χ3v) is 3.52. The molecule has 1 amide bonds. The van der Waals surface area contributed by atoms with Gasteiger partial charge < -0.3 is 10.2 Å². The molecule has 0 aromatic heterocycles. The van der Waals surface area contributed by atoms with Crippen LogP contribution in [-0.4, -0.2) is 20.0 Å². The number of carbonyl (C=O) groups excluding carboxylic acids is 1. The number of nitrogens with zero attached hydrogens (tertiary/aromatic N) is 1. The monoisotopic (exact) mass is 342 g/mol. The number of nitrogens with one attached hydrogen (secondary N) is 1. The Balaban J connectivity index is 2.40. The zero-order valence-electron chi connectivity index (χ0n) is 12.4. The minimum Gasteiger partial charge on any atom is -0.378 e. The van der Waals surface area contributed by atoms with Crippen molar-refractivity contribution in [1.29, 1.82) is 0 Å². The van der Waals surface area contributed by atoms with Gasteiger partial charge in [0.2, 0.25) is 0 Å². The predicted octanol–water partition coefficient (Wildman–Crippen LogP) is 4.68. The molecule has 0 atom stereocenters. The van der Waals surface area contributed by atoms with E-state index < -0.39 is 17.6 Å². The molecular formula is C16H14ClF3N2O. The maximum Gasteiger partial charge on any atom is 0.418 e. The summed E-state index contributed by atoms with van der Waals surface area (Å²) in [5.41, 5.74) is -0.732. The van der Waals surface area contributed by atoms with Crippen LogP contribution < -0.4 is 10.2 Å². The fourth-order valence-corrected chi connectivity index (χ4v) is 2.21. The van der Waals surface area contributed by atoms with Crippen molar-refractivity contribution in [1.82, 2.24) is 0 Å². The Morgan fingerprint density at radius 2 is 1.78 bits per heavy atom. The number of benzene rings is 2. The van der Waals surface area contributed by atoms with E-state index in [1.54, 1.807) is 31.1 Å². The molecule has 122 valence electrons. The van der Waals surface area contributed by atoms with E-state index in [9.17, 15) is 18.0 Å². The first-order chi connectivity index (χ1) is 10.7. The maximum atomic E-state index is 13.2. The third kappa shape index (κ3) is 3.96. The van der Waals surface area contributed by atoms with Crippen LogP contribution in [0.25, 0.3) is 0 Å². The van der Waals surface area contributed by atoms with Crippen LogP contribution in [0.4, 0.5) is 24.5 Å². The van der Waals surface area contributed by atoms with Crippen LogP contribution in [0.3, 0.4) is 0 Å². The molecule has 1 N–H and O–H groups in total. The Labute approximate surface area is 136 Å². The lowest BCUT2D eigenvalue weighted by Crippen LogP contribution is -2.18. The minimum absolute atomic E-state index is 0.110. The summed E-state index contributed by atoms with van der Waals surface area (Å²) in [6, 6.07) is 9.87. The lowest BCUT2D eigenvalue weighted by molar-refractivity contribution is -0.136. The second-order valence-electron chi connectivity index (χ2n) is 5.06. The number of hydrogen-bond acceptors (Lipinski definition) is 2. The molecule has 0 aliphatic heterocycles. The Kier molecular flexibility index (Phi) is 4.85. The molecule has 7 heteroatoms. The highest BCUT2D eigenvalue weighted by Gasteiger charge is 2.34. The van der Waals surface area contributed by atoms with Gasteiger partial charge in [0.05, 0.1) is 21.8 Å². The number of rotatable bonds is 3. The lowest BCUT2D eigenvalue weighted by atomic mass is 10.1. The van der Waals surface area contributed by atoms with Gasteiger partial charge in [0.25, 0.3) is 5.91 Å². The van der Waals surface area contributed by atoms with Crippen LogP contribution in [0, 0.1) is 0 Å². The topological polar surface area (TPSA) is 32.3 Å². The number of hydrogen-bond donors (Lipinski definition) is 1. The summed E-state index contributed by atoms with van der Waals surface area (Å²) in [7, 11) is 3.27. The Bertz CT molecular complexity index is 730. The molecule has 0 fully saturated rings. The van der Waals surface area contributed by atoms with Crippen molar-refractivity contribution >= 4 is 28.9 Å². The molecule has 0 saturated heterocycles. The number of anilines is 2. The van der Waals surface area contributed by atoms with E-state index >= 15 is 0 Å². The van der Waals surface area contributed by atoms with Gasteiger partial charge in [-0.1, -0.05) is 23.7 Å². The van der Waals surface area contributed by atoms with E-state index in [4.69, 9.17) is 11.6 Å². The number of carbonyl (C=O) groups is 1. The maximum absolute atomic E-state index is 13.2. The van der Waals surface area contributed by atoms with Crippen LogP contribution in [-0.2, 0) is 6.18 Å². The number of alkyl halides is 3. The highest BCUT2D eigenvalue weighted by Crippen LogP contribution is 2.37. The average molecular weight is 343 g/mol. The van der Waals surface area contributed by atoms with Gasteiger partial charge in [0, 0.05) is 19.8 Å². The van der Waals surface area contributed by atoms with E-state index in [0.29, 0.717) is 5.69 Å². The molecular weight excluding hydrogens is 329 g/mol. The first-order valence-corrected chi connectivity index (χ1v) is 7.02. The predicted molar refractivity (Wildman–Crippen MR) is 85.2 cm³/mol. The molecule has 23 heavy (non-hydrogen) atoms. The van der Waals surface area contributed by atoms with E-state index in [1.807, 2.05) is 0 Å². The molecule has 2 aromatic carbocycles. The first-order valence-electron chi connectivity index (χ1n) is 6.64. The summed E-state index contributed by atoms with van der Waals surface area (Å²) in [5, 5.41) is 2.45. The van der Waals surface area contributed by atoms with E-state index in [-0.39, 0.29) is 16.3 Å². The molecule has 0 aliphatic rings. The fraction of sp³-hybridized carbons (Fsp3) is 0.188. The number of halogens is 4. The lowest BCUT2D eigenvalue weighted by Gasteiger charge is -2.19. The SMILES string of the molecule is CN(C)c1ccc(NC(=O)c2ccccc2Cl)c(C(F)(F)F)c1. The molecule has 2 rings (SSSR count). The Morgan fingerprint density at radius 3 is 2.35 bits per heavy atom. The molecule has 2 aromatic rings. The summed E-state index contributed by atoms with van der Waals surface area (Å²) in [6.45, 7) is 0. The van der Waals surface area contributed by atoms with Crippen LogP contribution in [0.1, 0.15) is 15.9 Å². The normalized spacial score (nSPS) is 11.2. The first kappa shape index (κ1) is 17.1. The molecule has 0 bridgehead atoms. The van der Waals surface area contributed by atoms with E-state index in [1.165, 1.54) is 24.3 Å². The Hall–Kier alpha value is -2.21. The average Bonchev–Trinajstić information content (AvgIpc) is 2.46. The summed E-state index contributed by atoms with van der Waals surface area (Å²) in [6.07, 6.45) is -4.59. The van der Waals surface area contributed by atoms with Crippen molar-refractivity contribution in [2.24, 2.45) is 0 Å². The van der Waals surface area contributed by atoms with E-state index in [0.717, 1.165) is 6.07 Å². The smallest absolute Gasteiger partial charge is 0.378 e. The Morgan fingerprint density at radius 1 is 1.13 bits per heavy atom. The number of amides is 1. The van der Waals surface area contributed by atoms with Crippen LogP contribution in [0.15, 0.2) is 42.5 Å². The van der Waals surface area contributed by atoms with Crippen molar-refractivity contribution < 1.29 is 18.0 Å². The minimum atomic E-state index is -4.59. The quantitative estimate of drug-likeness (QED) is 0.878. The summed E-state index contributed by atoms with van der Waals surface area (Å²) in [4.78, 5) is 13.7. The third-order valence-electron chi connectivity index (χ3n) is 3.19. The van der Waals surface area contributed by atoms with Crippen LogP contribution >= 0.6 is 11.6 Å². The van der Waals surface area contributed by atoms with Gasteiger partial charge in [-0.15, -0.1) is 0 Å². The zero-order valence-corrected chi connectivity index (χ0v) is 13.2. The summed E-state index contributed by atoms with van der Waals surface area (Å²) in [5.74, 6) is -0.696. The van der Waals surface area contributed by atoms with E-state index in [2.05, 4.69) is 5.32 Å². The largest absolute Gasteiger partial charge is 0.418 e. The molecule has 3 nitrogen and oxygen atoms in total. The van der Waals surface area contributed by atoms with Crippen LogP contribution in [0.2, 0.25) is 5.02 Å². The highest BCUT2D eigenvalue weighted by atomic mass is 35.5. The molecule has 0 radical (unpaired) electrons. The van der Waals surface area contributed by atoms with Crippen molar-refractivity contribution in [3.05, 3.63) is 58.6 Å². The second-order valence-corrected chi connectivity index (χ2v) is 5.46. The fourth-order valence-electron chi connectivity index (χ4n) is 1.99. The van der Waals surface area contributed by atoms with Gasteiger partial charge >= 0.3 is 6.18 Å². The summed E-state index contributed by atoms with van der Waals surface area (Å²) < 4.78 is 39.7. The van der Waals surface area contributed by atoms with Gasteiger partial charge in [0.1, 0.15) is 0 Å². The molecule has 0 heterocycles. The molecule has 0 unspecified atom stereocenters. The molecule has 0 aliphatic carbocycles. The van der Waals surface area contributed by atoms with Crippen molar-refractivity contribution in [3.63, 3.8) is 0 Å². The second kappa shape index (κ2) is 6.50. The van der Waals surface area contributed by atoms with Crippen molar-refractivity contribution in [2.45, 2.75) is 6.18 Å². The van der Waals surface area contributed by atoms with Crippen LogP contribution in [0.5, 0.6) is 0 Å². The van der Waals surface area contributed by atoms with Gasteiger partial charge in [-0.2, -0.15) is 13.2 Å². The van der Waals surface area contributed by atoms with Gasteiger partial charge in [-0.05, 0) is 30.3 Å². The van der Waals surface area contributed by atoms with Gasteiger partial charge in [0.15, 0.2) is 0 Å². The molecule has 0 saturated carbocycles. The standard InChI is InChI=1S/C16H14ClF3N2O/c1-22(2)10-7-8-14(12(9-10)16(18,19)20)21-15(23)11-5-3-4-6-13(11)17/h3-9H,1-2H3,(H,21,23). The van der Waals surface area contributed by atoms with Crippen molar-refractivity contribution in [2.75, 3.05) is 24.3 Å². The highest BCUT2D eigenvalue weighted by molar-refractivity contribution is 6.34. The van der Waals surface area contributed by atoms with Gasteiger partial charge in [-0.3, -0.25) is 4.79 Å². The molecule has 0 spiro atoms. The van der Waals surface area contributed by atoms with Gasteiger partial charge in [-0.25, -0.2) is 0 Å².